The second-order valence-corrected chi connectivity index (χ2v) is 18.8. The van der Waals surface area contributed by atoms with E-state index in [2.05, 4.69) is 47.1 Å². The van der Waals surface area contributed by atoms with Gasteiger partial charge in [-0.1, -0.05) is 100 Å². The second-order valence-electron chi connectivity index (χ2n) is 18.8. The fraction of sp³-hybridized carbons (Fsp3) is 0.475. The lowest BCUT2D eigenvalue weighted by Crippen LogP contribution is -2.38. The third-order valence-corrected chi connectivity index (χ3v) is 12.2. The number of rotatable bonds is 17. The molecule has 3 fully saturated rings. The van der Waals surface area contributed by atoms with Crippen LogP contribution in [-0.4, -0.2) is 93.2 Å². The minimum absolute atomic E-state index is 0. The van der Waals surface area contributed by atoms with Gasteiger partial charge in [0.2, 0.25) is 5.78 Å². The van der Waals surface area contributed by atoms with E-state index in [1.54, 1.807) is 80.9 Å². The molecule has 7 rings (SSSR count). The van der Waals surface area contributed by atoms with Crippen molar-refractivity contribution in [2.24, 2.45) is 0 Å². The zero-order chi connectivity index (χ0) is 61.2. The van der Waals surface area contributed by atoms with Gasteiger partial charge in [-0.15, -0.1) is 0 Å². The van der Waals surface area contributed by atoms with Crippen molar-refractivity contribution >= 4 is 53.2 Å². The highest BCUT2D eigenvalue weighted by Gasteiger charge is 2.28. The van der Waals surface area contributed by atoms with Gasteiger partial charge in [-0.25, -0.2) is 15.1 Å². The molecule has 462 valence electrons. The molecule has 2 amide bonds. The van der Waals surface area contributed by atoms with Crippen molar-refractivity contribution in [3.8, 4) is 11.5 Å². The molecule has 0 radical (unpaired) electrons. The van der Waals surface area contributed by atoms with E-state index >= 15 is 0 Å². The summed E-state index contributed by atoms with van der Waals surface area (Å²) in [4.78, 5) is 105. The van der Waals surface area contributed by atoms with Crippen molar-refractivity contribution in [3.63, 3.8) is 0 Å². The molecule has 3 saturated carbocycles. The summed E-state index contributed by atoms with van der Waals surface area (Å²) in [5.41, 5.74) is 11.9. The zero-order valence-corrected chi connectivity index (χ0v) is 48.8. The molecule has 0 spiro atoms. The van der Waals surface area contributed by atoms with Gasteiger partial charge >= 0.3 is 36.1 Å². The summed E-state index contributed by atoms with van der Waals surface area (Å²) < 4.78 is 21.0. The number of benzene rings is 4. The lowest BCUT2D eigenvalue weighted by molar-refractivity contribution is -0.385. The van der Waals surface area contributed by atoms with Crippen LogP contribution in [0.2, 0.25) is 0 Å². The number of nitro groups is 1. The topological polar surface area (TPSA) is 309 Å². The van der Waals surface area contributed by atoms with Crippen molar-refractivity contribution in [2.75, 3.05) is 33.8 Å². The molecule has 1 unspecified atom stereocenters. The Morgan fingerprint density at radius 1 is 0.542 bits per heavy atom. The molecule has 4 aromatic rings. The molecule has 0 saturated heterocycles. The largest absolute Gasteiger partial charge is 0.497 e. The monoisotopic (exact) mass is 1170 g/mol. The standard InChI is InChI=1S/C23H27NO5.C14H18N2O4.C8H15NO2.C8H9NO2.2C3H7NO2.3H2/c1-27-19-12-8-16(9-13-19)21(25)22(17-10-14-20(28-2)15-11-17)29-23(26)24-18-6-4-3-5-7-18;17-14(15-12-7-2-1-3-8-12)20-10-11-6-4-5-9-13(11)16(18)19;2*1-7(10)11-9-8-5-3-2-4-6-8;2*1-3(5)6-4-2;;;/h8-15,18,22H,3-7H2,1-2H3,(H,24,26);4-6,9,12H,1-3,7-8,10H2,(H,15,17);8-9H,2-6H2,1H3;2-6,9H,1H3;2*4H,1-2H3;3*1H. The van der Waals surface area contributed by atoms with Crippen molar-refractivity contribution in [1.29, 1.82) is 0 Å². The number of anilines is 1. The summed E-state index contributed by atoms with van der Waals surface area (Å²) in [7, 11) is 6.20. The van der Waals surface area contributed by atoms with E-state index in [0.29, 0.717) is 34.2 Å². The minimum Gasteiger partial charge on any atom is -0.497 e. The molecule has 4 aromatic carbocycles. The Morgan fingerprint density at radius 2 is 0.976 bits per heavy atom. The molecule has 83 heavy (non-hydrogen) atoms. The van der Waals surface area contributed by atoms with Crippen molar-refractivity contribution in [3.05, 3.63) is 130 Å². The minimum atomic E-state index is -1.04. The van der Waals surface area contributed by atoms with Crippen LogP contribution in [0.25, 0.3) is 0 Å². The number of carbonyl (C=O) groups is 7. The van der Waals surface area contributed by atoms with Crippen LogP contribution in [0.3, 0.4) is 0 Å². The van der Waals surface area contributed by atoms with Crippen LogP contribution >= 0.6 is 0 Å². The number of para-hydroxylation sites is 2. The molecule has 0 aliphatic heterocycles. The van der Waals surface area contributed by atoms with Gasteiger partial charge in [0, 0.05) is 81.4 Å². The highest BCUT2D eigenvalue weighted by Crippen LogP contribution is 2.27. The van der Waals surface area contributed by atoms with Crippen LogP contribution in [0.4, 0.5) is 21.0 Å². The van der Waals surface area contributed by atoms with E-state index in [4.69, 9.17) is 23.8 Å². The van der Waals surface area contributed by atoms with E-state index in [9.17, 15) is 43.7 Å². The normalized spacial score (nSPS) is 14.0. The summed E-state index contributed by atoms with van der Waals surface area (Å²) in [5, 5.41) is 16.5. The van der Waals surface area contributed by atoms with E-state index in [0.717, 1.165) is 69.9 Å². The molecule has 24 heteroatoms. The van der Waals surface area contributed by atoms with Crippen molar-refractivity contribution in [1.82, 2.24) is 27.1 Å². The maximum absolute atomic E-state index is 13.2. The molecule has 24 nitrogen and oxygen atoms in total. The molecule has 6 N–H and O–H groups in total. The molecule has 3 aliphatic rings. The Bertz CT molecular complexity index is 2520. The average Bonchev–Trinajstić information content (AvgIpc) is 2.27. The number of ketones is 1. The van der Waals surface area contributed by atoms with Gasteiger partial charge in [0.1, 0.15) is 18.1 Å². The van der Waals surface area contributed by atoms with Crippen molar-refractivity contribution < 1.29 is 81.1 Å². The summed E-state index contributed by atoms with van der Waals surface area (Å²) in [6.07, 6.45) is 14.6. The maximum atomic E-state index is 13.2. The first-order chi connectivity index (χ1) is 39.9. The number of nitrogens with zero attached hydrogens (tertiary/aromatic N) is 1. The van der Waals surface area contributed by atoms with Gasteiger partial charge in [-0.3, -0.25) is 34.1 Å². The molecular formula is C59H89N7O17. The summed E-state index contributed by atoms with van der Waals surface area (Å²) in [6, 6.07) is 29.8. The molecule has 0 bridgehead atoms. The number of hydrogen-bond donors (Lipinski definition) is 6. The quantitative estimate of drug-likeness (QED) is 0.0248. The summed E-state index contributed by atoms with van der Waals surface area (Å²) >= 11 is 0. The van der Waals surface area contributed by atoms with Crippen LogP contribution in [0, 0.1) is 10.1 Å². The molecule has 3 aliphatic carbocycles. The van der Waals surface area contributed by atoms with Gasteiger partial charge in [0.15, 0.2) is 6.10 Å². The molecule has 1 atom stereocenters. The first-order valence-electron chi connectivity index (χ1n) is 27.4. The highest BCUT2D eigenvalue weighted by molar-refractivity contribution is 6.01. The lowest BCUT2D eigenvalue weighted by atomic mass is 9.96. The predicted molar refractivity (Wildman–Crippen MR) is 314 cm³/mol. The maximum Gasteiger partial charge on any atom is 0.408 e. The van der Waals surface area contributed by atoms with E-state index < -0.39 is 23.2 Å². The number of alkyl carbamates (subject to hydrolysis) is 2. The SMILES string of the molecule is CC(=O)ONC1CCCCC1.CC(=O)ONc1ccccc1.CNOC(C)=O.CNOC(C)=O.COc1ccc(C(=O)C(OC(=O)NC2CCCCC2)c2ccc(OC)cc2)cc1.O=C(NC1CCCCC1)OCc1ccccc1[N+](=O)[O-].[HH].[HH].[HH]. The number of hydroxylamine groups is 3. The Balaban J connectivity index is 0. The number of ether oxygens (including phenoxy) is 4. The second kappa shape index (κ2) is 42.5. The van der Waals surface area contributed by atoms with Gasteiger partial charge in [-0.05, 0) is 93.1 Å². The Morgan fingerprint density at radius 3 is 1.41 bits per heavy atom. The number of methoxy groups -OCH3 is 2. The number of hydrogen-bond acceptors (Lipinski definition) is 21. The van der Waals surface area contributed by atoms with Crippen LogP contribution in [0.15, 0.2) is 103 Å². The van der Waals surface area contributed by atoms with Crippen LogP contribution in [-0.2, 0) is 54.6 Å². The van der Waals surface area contributed by atoms with E-state index in [1.165, 1.54) is 80.0 Å². The number of Topliss-reactive ketones (excluding diaryl/α,β-unsaturated/α-hetero) is 1. The highest BCUT2D eigenvalue weighted by atomic mass is 16.7. The smallest absolute Gasteiger partial charge is 0.408 e. The number of nitrogens with one attached hydrogen (secondary N) is 6. The van der Waals surface area contributed by atoms with Gasteiger partial charge in [0.25, 0.3) is 5.69 Å². The summed E-state index contributed by atoms with van der Waals surface area (Å²) in [6.45, 7) is 5.33. The average molecular weight is 1170 g/mol. The van der Waals surface area contributed by atoms with Gasteiger partial charge in [0.05, 0.1) is 30.4 Å². The van der Waals surface area contributed by atoms with Gasteiger partial charge in [-0.2, -0.15) is 16.4 Å². The number of carbonyl (C=O) groups excluding carboxylic acids is 7. The van der Waals surface area contributed by atoms with E-state index in [1.807, 2.05) is 30.3 Å². The first kappa shape index (κ1) is 70.8. The van der Waals surface area contributed by atoms with Crippen molar-refractivity contribution in [2.45, 2.75) is 155 Å². The summed E-state index contributed by atoms with van der Waals surface area (Å²) in [5.74, 6) is -0.231. The molecule has 0 heterocycles. The van der Waals surface area contributed by atoms with Crippen LogP contribution in [0.5, 0.6) is 11.5 Å². The van der Waals surface area contributed by atoms with Crippen LogP contribution < -0.4 is 42.0 Å². The molecule has 0 aromatic heterocycles. The fourth-order valence-corrected chi connectivity index (χ4v) is 8.23. The zero-order valence-electron chi connectivity index (χ0n) is 48.8. The Hall–Kier alpha value is -8.35. The predicted octanol–water partition coefficient (Wildman–Crippen LogP) is 10.9. The van der Waals surface area contributed by atoms with Gasteiger partial charge < -0.3 is 48.9 Å². The lowest BCUT2D eigenvalue weighted by Gasteiger charge is -2.24. The number of nitro benzene ring substituents is 1. The number of amides is 2. The third-order valence-electron chi connectivity index (χ3n) is 12.2. The molecular weight excluding hydrogens is 1080 g/mol. The van der Waals surface area contributed by atoms with E-state index in [-0.39, 0.29) is 58.3 Å². The van der Waals surface area contributed by atoms with Crippen LogP contribution in [0.1, 0.15) is 156 Å². The Kier molecular flexibility index (Phi) is 36.2. The third kappa shape index (κ3) is 32.6. The fourth-order valence-electron chi connectivity index (χ4n) is 8.23. The first-order valence-corrected chi connectivity index (χ1v) is 27.4. The Labute approximate surface area is 490 Å².